The van der Waals surface area contributed by atoms with Gasteiger partial charge in [-0.3, -0.25) is 19.1 Å². The molecule has 2 aliphatic carbocycles. The van der Waals surface area contributed by atoms with Gasteiger partial charge in [0, 0.05) is 23.1 Å². The van der Waals surface area contributed by atoms with Crippen LogP contribution in [0.25, 0.3) is 10.8 Å². The summed E-state index contributed by atoms with van der Waals surface area (Å²) >= 11 is 0. The Morgan fingerprint density at radius 2 is 1.81 bits per heavy atom. The smallest absolute Gasteiger partial charge is 0.427 e. The molecular formula is C38H47F4N5O10S. The van der Waals surface area contributed by atoms with Crippen LogP contribution in [0.15, 0.2) is 42.6 Å². The number of hydrogen-bond acceptors (Lipinski definition) is 11. The quantitative estimate of drug-likeness (QED) is 0.245. The molecule has 3 N–H and O–H groups in total. The number of sulfonamides is 1. The highest BCUT2D eigenvalue weighted by Gasteiger charge is 2.64. The molecule has 1 aromatic carbocycles. The Hall–Kier alpha value is -4.72. The number of rotatable bonds is 9. The lowest BCUT2D eigenvalue weighted by atomic mass is 10.1. The number of carbonyl (C=O) groups excluding carboxylic acids is 4. The third-order valence-electron chi connectivity index (χ3n) is 11.3. The van der Waals surface area contributed by atoms with Gasteiger partial charge in [0.15, 0.2) is 0 Å². The van der Waals surface area contributed by atoms with Gasteiger partial charge in [-0.15, -0.1) is 0 Å². The molecule has 2 aromatic rings. The fourth-order valence-corrected chi connectivity index (χ4v) is 8.69. The van der Waals surface area contributed by atoms with Crippen LogP contribution in [0.2, 0.25) is 0 Å². The van der Waals surface area contributed by atoms with E-state index in [1.165, 1.54) is 20.2 Å². The number of alkyl halides is 4. The van der Waals surface area contributed by atoms with Gasteiger partial charge in [0.25, 0.3) is 5.91 Å². The first-order valence-electron chi connectivity index (χ1n) is 18.9. The zero-order chi connectivity index (χ0) is 42.4. The maximum absolute atomic E-state index is 14.6. The second kappa shape index (κ2) is 15.8. The van der Waals surface area contributed by atoms with Crippen molar-refractivity contribution in [3.63, 3.8) is 0 Å². The van der Waals surface area contributed by atoms with Gasteiger partial charge in [0.05, 0.1) is 32.1 Å². The summed E-state index contributed by atoms with van der Waals surface area (Å²) in [6.07, 6.45) is -3.88. The van der Waals surface area contributed by atoms with Crippen LogP contribution in [0.3, 0.4) is 0 Å². The number of hydrogen-bond donors (Lipinski definition) is 3. The van der Waals surface area contributed by atoms with Crippen LogP contribution in [-0.2, 0) is 33.9 Å². The molecular weight excluding hydrogens is 795 g/mol. The van der Waals surface area contributed by atoms with E-state index in [1.807, 2.05) is 4.72 Å². The van der Waals surface area contributed by atoms with Crippen molar-refractivity contribution in [2.24, 2.45) is 5.92 Å². The lowest BCUT2D eigenvalue weighted by Crippen LogP contribution is -2.61. The van der Waals surface area contributed by atoms with E-state index in [-0.39, 0.29) is 38.1 Å². The largest absolute Gasteiger partial charge is 0.494 e. The van der Waals surface area contributed by atoms with Crippen molar-refractivity contribution >= 4 is 44.6 Å². The van der Waals surface area contributed by atoms with Gasteiger partial charge in [0.1, 0.15) is 40.9 Å². The Balaban J connectivity index is 1.36. The molecule has 1 aromatic heterocycles. The highest BCUT2D eigenvalue weighted by atomic mass is 32.2. The summed E-state index contributed by atoms with van der Waals surface area (Å²) in [5.41, 5.74) is -4.74. The summed E-state index contributed by atoms with van der Waals surface area (Å²) < 4.78 is 104. The second-order valence-electron chi connectivity index (χ2n) is 15.9. The van der Waals surface area contributed by atoms with Gasteiger partial charge in [-0.1, -0.05) is 30.4 Å². The third kappa shape index (κ3) is 8.39. The number of pyridine rings is 1. The molecule has 2 aliphatic heterocycles. The maximum Gasteiger partial charge on any atom is 0.427 e. The van der Waals surface area contributed by atoms with Crippen molar-refractivity contribution < 1.29 is 64.1 Å². The average Bonchev–Trinajstić information content (AvgIpc) is 4.06. The van der Waals surface area contributed by atoms with E-state index in [0.717, 1.165) is 4.90 Å². The van der Waals surface area contributed by atoms with E-state index in [4.69, 9.17) is 18.9 Å². The minimum absolute atomic E-state index is 0.0167. The van der Waals surface area contributed by atoms with Crippen LogP contribution in [0.1, 0.15) is 66.2 Å². The topological polar surface area (TPSA) is 192 Å². The summed E-state index contributed by atoms with van der Waals surface area (Å²) in [5.74, 6) is -3.01. The zero-order valence-corrected chi connectivity index (χ0v) is 33.4. The number of aromatic nitrogens is 1. The predicted octanol–water partition coefficient (Wildman–Crippen LogP) is 3.99. The predicted molar refractivity (Wildman–Crippen MR) is 199 cm³/mol. The number of allylic oxidation sites excluding steroid dienone is 1. The number of alkyl carbamates (subject to hydrolysis) is 1. The van der Waals surface area contributed by atoms with Gasteiger partial charge in [-0.25, -0.2) is 22.6 Å². The van der Waals surface area contributed by atoms with Gasteiger partial charge >= 0.3 is 12.3 Å². The summed E-state index contributed by atoms with van der Waals surface area (Å²) in [4.78, 5) is 61.5. The van der Waals surface area contributed by atoms with Gasteiger partial charge in [0.2, 0.25) is 33.3 Å². The third-order valence-corrected chi connectivity index (χ3v) is 13.4. The van der Waals surface area contributed by atoms with Crippen molar-refractivity contribution in [3.8, 4) is 11.6 Å². The highest BCUT2D eigenvalue weighted by Crippen LogP contribution is 2.48. The van der Waals surface area contributed by atoms with E-state index < -0.39 is 98.9 Å². The van der Waals surface area contributed by atoms with Crippen molar-refractivity contribution in [2.45, 2.75) is 119 Å². The molecule has 3 fully saturated rings. The molecule has 0 bridgehead atoms. The minimum atomic E-state index is -4.96. The van der Waals surface area contributed by atoms with Crippen LogP contribution in [0.5, 0.6) is 11.6 Å². The Kier molecular flexibility index (Phi) is 11.7. The van der Waals surface area contributed by atoms with Gasteiger partial charge < -0.3 is 34.5 Å². The lowest BCUT2D eigenvalue weighted by Gasteiger charge is -2.34. The first kappa shape index (κ1) is 42.9. The number of benzene rings is 1. The van der Waals surface area contributed by atoms with Crippen molar-refractivity contribution in [1.82, 2.24) is 25.2 Å². The number of nitrogens with one attached hydrogen (secondary N) is 3. The average molecular weight is 842 g/mol. The summed E-state index contributed by atoms with van der Waals surface area (Å²) in [5, 5.41) is 6.11. The molecule has 3 heterocycles. The molecule has 6 rings (SSSR count). The van der Waals surface area contributed by atoms with Crippen LogP contribution in [0.4, 0.5) is 22.4 Å². The van der Waals surface area contributed by atoms with E-state index >= 15 is 0 Å². The molecule has 15 nitrogen and oxygen atoms in total. The van der Waals surface area contributed by atoms with Gasteiger partial charge in [-0.2, -0.15) is 13.2 Å². The number of methoxy groups -OCH3 is 1. The van der Waals surface area contributed by atoms with E-state index in [1.54, 1.807) is 43.3 Å². The molecule has 2 saturated carbocycles. The molecule has 318 valence electrons. The molecule has 1 saturated heterocycles. The second-order valence-corrected chi connectivity index (χ2v) is 17.9. The lowest BCUT2D eigenvalue weighted by molar-refractivity contribution is -0.244. The van der Waals surface area contributed by atoms with Crippen molar-refractivity contribution in [1.29, 1.82) is 0 Å². The van der Waals surface area contributed by atoms with Crippen molar-refractivity contribution in [2.75, 3.05) is 20.3 Å². The van der Waals surface area contributed by atoms with Crippen molar-refractivity contribution in [3.05, 3.63) is 42.6 Å². The monoisotopic (exact) mass is 841 g/mol. The Morgan fingerprint density at radius 1 is 1.12 bits per heavy atom. The molecule has 4 aliphatic rings. The van der Waals surface area contributed by atoms with Crippen LogP contribution < -0.4 is 24.8 Å². The summed E-state index contributed by atoms with van der Waals surface area (Å²) in [7, 11) is -3.01. The summed E-state index contributed by atoms with van der Waals surface area (Å²) in [6.45, 7) is 2.90. The number of halogens is 4. The van der Waals surface area contributed by atoms with E-state index in [0.29, 0.717) is 43.2 Å². The Morgan fingerprint density at radius 3 is 2.45 bits per heavy atom. The Bertz CT molecular complexity index is 2080. The normalized spacial score (nSPS) is 29.4. The fourth-order valence-electron chi connectivity index (χ4n) is 7.26. The number of carbonyl (C=O) groups is 4. The number of amides is 4. The molecule has 20 heteroatoms. The number of ether oxygens (including phenoxy) is 4. The first-order valence-corrected chi connectivity index (χ1v) is 20.4. The summed E-state index contributed by atoms with van der Waals surface area (Å²) in [6, 6.07) is 3.90. The maximum atomic E-state index is 14.6. The van der Waals surface area contributed by atoms with E-state index in [2.05, 4.69) is 15.6 Å². The molecule has 58 heavy (non-hydrogen) atoms. The standard InChI is InChI=1S/C38H47F4N5O10S/c1-21-10-6-7-11-23-17-37(23,33(50)46-58(52,53)36(20-39)14-15-36)45-30(48)27-16-24(56-31-26-13-9-8-12-25(26)28(54-5)18-43-31)19-47(27)32(49)29(22(2)55-21)44-34(51)57-35(3,4)38(40,41)42/h7-9,11-13,18,21-24,27,29H,6,10,14-17,19-20H2,1-5H3,(H,44,51)(H,45,48)(H,46,50)/b11-7-/t21-,22+,23-,24-,27+,29+,37-/m1/s1. The van der Waals surface area contributed by atoms with E-state index in [9.17, 15) is 45.2 Å². The highest BCUT2D eigenvalue weighted by molar-refractivity contribution is 7.91. The first-order chi connectivity index (χ1) is 27.2. The fraction of sp³-hybridized carbons (Fsp3) is 0.605. The molecule has 7 atom stereocenters. The van der Waals surface area contributed by atoms with Crippen LogP contribution in [-0.4, -0.2) is 115 Å². The molecule has 0 radical (unpaired) electrons. The van der Waals surface area contributed by atoms with Crippen LogP contribution in [0, 0.1) is 5.92 Å². The van der Waals surface area contributed by atoms with Crippen LogP contribution >= 0.6 is 0 Å². The number of fused-ring (bicyclic) bond motifs is 3. The molecule has 0 spiro atoms. The number of nitrogens with zero attached hydrogens (tertiary/aromatic N) is 2. The van der Waals surface area contributed by atoms with Gasteiger partial charge in [-0.05, 0) is 65.9 Å². The zero-order valence-electron chi connectivity index (χ0n) is 32.6. The molecule has 4 amide bonds. The Labute approximate surface area is 332 Å². The molecule has 0 unspecified atom stereocenters. The minimum Gasteiger partial charge on any atom is -0.494 e. The SMILES string of the molecule is COc1cnc(O[C@@H]2C[C@H]3C(=O)N[C@]4(C(=O)NS(=O)(=O)C5(CF)CC5)C[C@H]4/C=C\CC[C@@H](C)O[C@@H](C)[C@H](NC(=O)OC(C)(C)C(F)(F)F)C(=O)N3C2)c2ccccc12.